The largest absolute Gasteiger partial charge is 0.389 e. The van der Waals surface area contributed by atoms with Crippen LogP contribution in [0.25, 0.3) is 0 Å². The summed E-state index contributed by atoms with van der Waals surface area (Å²) >= 11 is 0. The molecule has 0 fully saturated rings. The lowest BCUT2D eigenvalue weighted by Gasteiger charge is -2.32. The Labute approximate surface area is 231 Å². The summed E-state index contributed by atoms with van der Waals surface area (Å²) < 4.78 is 20.6. The molecule has 0 aromatic rings. The predicted octanol–water partition coefficient (Wildman–Crippen LogP) is -0.373. The lowest BCUT2D eigenvalue weighted by molar-refractivity contribution is -0.460. The highest BCUT2D eigenvalue weighted by Gasteiger charge is 2.25. The van der Waals surface area contributed by atoms with Gasteiger partial charge in [0.15, 0.2) is 0 Å². The van der Waals surface area contributed by atoms with E-state index in [-0.39, 0.29) is 59.3 Å². The highest BCUT2D eigenvalue weighted by atomic mass is 17.3. The van der Waals surface area contributed by atoms with Gasteiger partial charge in [-0.05, 0) is 20.8 Å². The zero-order chi connectivity index (χ0) is 29.6. The third-order valence-corrected chi connectivity index (χ3v) is 4.63. The smallest absolute Gasteiger partial charge is 0.112 e. The van der Waals surface area contributed by atoms with Crippen molar-refractivity contribution in [3.8, 4) is 0 Å². The van der Waals surface area contributed by atoms with E-state index < -0.39 is 30.5 Å². The van der Waals surface area contributed by atoms with E-state index in [1.54, 1.807) is 6.92 Å². The third-order valence-electron chi connectivity index (χ3n) is 4.63. The summed E-state index contributed by atoms with van der Waals surface area (Å²) in [6.07, 6.45) is -3.73. The van der Waals surface area contributed by atoms with Crippen LogP contribution in [-0.2, 0) is 38.7 Å². The molecule has 4 N–H and O–H groups in total. The summed E-state index contributed by atoms with van der Waals surface area (Å²) in [6.45, 7) is 13.3. The van der Waals surface area contributed by atoms with E-state index in [1.807, 2.05) is 13.8 Å². The van der Waals surface area contributed by atoms with Gasteiger partial charge >= 0.3 is 0 Å². The lowest BCUT2D eigenvalue weighted by atomic mass is 10.2. The van der Waals surface area contributed by atoms with E-state index in [1.165, 1.54) is 24.3 Å². The molecule has 0 aliphatic rings. The Morgan fingerprint density at radius 1 is 0.641 bits per heavy atom. The van der Waals surface area contributed by atoms with Gasteiger partial charge in [0.1, 0.15) is 25.4 Å². The Morgan fingerprint density at radius 3 is 1.56 bits per heavy atom. The Kier molecular flexibility index (Phi) is 23.0. The molecular formula is C25H50N2O12. The first-order valence-corrected chi connectivity index (χ1v) is 12.7. The van der Waals surface area contributed by atoms with Crippen molar-refractivity contribution in [2.24, 2.45) is 0 Å². The van der Waals surface area contributed by atoms with Crippen molar-refractivity contribution in [1.29, 1.82) is 0 Å². The van der Waals surface area contributed by atoms with Crippen molar-refractivity contribution in [2.75, 3.05) is 86.7 Å². The Hall–Kier alpha value is -1.08. The fourth-order valence-electron chi connectivity index (χ4n) is 2.93. The van der Waals surface area contributed by atoms with Crippen molar-refractivity contribution in [3.05, 3.63) is 24.3 Å². The molecule has 0 saturated heterocycles. The molecular weight excluding hydrogens is 520 g/mol. The molecule has 0 aliphatic heterocycles. The van der Waals surface area contributed by atoms with Crippen LogP contribution < -0.4 is 0 Å². The molecule has 39 heavy (non-hydrogen) atoms. The molecule has 14 nitrogen and oxygen atoms in total. The van der Waals surface area contributed by atoms with Crippen molar-refractivity contribution in [2.45, 2.75) is 51.2 Å². The average Bonchev–Trinajstić information content (AvgIpc) is 2.83. The van der Waals surface area contributed by atoms with Crippen LogP contribution in [0.15, 0.2) is 24.3 Å². The number of rotatable bonds is 27. The first-order valence-electron chi connectivity index (χ1n) is 12.7. The molecule has 0 aromatic carbocycles. The standard InChI is InChI=1S/C25H50N2O12/c1-19(2)11-34-15-22(28)9-26(38-36-17-24(30)13-32-6)8-21(5)27(39-37-18-25(31)14-33-7)10-23(29)16-35-12-20(3)4/h21-25,28-31H,1,3,8-18H2,2,4-7H3. The lowest BCUT2D eigenvalue weighted by Crippen LogP contribution is -2.48. The number of aliphatic hydroxyl groups is 4. The van der Waals surface area contributed by atoms with E-state index in [9.17, 15) is 20.4 Å². The summed E-state index contributed by atoms with van der Waals surface area (Å²) in [5.41, 5.74) is 1.63. The molecule has 0 bridgehead atoms. The molecule has 5 atom stereocenters. The van der Waals surface area contributed by atoms with E-state index in [4.69, 9.17) is 38.7 Å². The second-order valence-electron chi connectivity index (χ2n) is 9.48. The van der Waals surface area contributed by atoms with Crippen LogP contribution in [0.3, 0.4) is 0 Å². The number of nitrogens with zero attached hydrogens (tertiary/aromatic N) is 2. The summed E-state index contributed by atoms with van der Waals surface area (Å²) in [5.74, 6) is 0. The van der Waals surface area contributed by atoms with Crippen molar-refractivity contribution in [3.63, 3.8) is 0 Å². The van der Waals surface area contributed by atoms with Crippen molar-refractivity contribution in [1.82, 2.24) is 10.1 Å². The summed E-state index contributed by atoms with van der Waals surface area (Å²) in [6, 6.07) is -0.503. The highest BCUT2D eigenvalue weighted by Crippen LogP contribution is 2.09. The summed E-state index contributed by atoms with van der Waals surface area (Å²) in [5, 5.41) is 43.2. The van der Waals surface area contributed by atoms with E-state index in [2.05, 4.69) is 13.2 Å². The van der Waals surface area contributed by atoms with E-state index in [0.29, 0.717) is 13.2 Å². The fraction of sp³-hybridized carbons (Fsp3) is 0.840. The molecule has 0 aromatic heterocycles. The van der Waals surface area contributed by atoms with Gasteiger partial charge in [-0.2, -0.15) is 5.06 Å². The highest BCUT2D eigenvalue weighted by molar-refractivity contribution is 4.88. The van der Waals surface area contributed by atoms with Gasteiger partial charge in [0.05, 0.1) is 71.0 Å². The Bertz CT molecular complexity index is 630. The van der Waals surface area contributed by atoms with Crippen molar-refractivity contribution >= 4 is 0 Å². The molecule has 0 aliphatic carbocycles. The minimum Gasteiger partial charge on any atom is -0.389 e. The van der Waals surface area contributed by atoms with Crippen LogP contribution >= 0.6 is 0 Å². The van der Waals surface area contributed by atoms with Gasteiger partial charge in [-0.15, -0.1) is 15.0 Å². The maximum atomic E-state index is 10.5. The number of hydrogen-bond donors (Lipinski definition) is 4. The van der Waals surface area contributed by atoms with Gasteiger partial charge in [0.25, 0.3) is 0 Å². The van der Waals surface area contributed by atoms with Crippen LogP contribution in [-0.4, -0.2) is 148 Å². The van der Waals surface area contributed by atoms with Crippen molar-refractivity contribution < 1.29 is 59.1 Å². The minimum atomic E-state index is -0.949. The molecule has 0 saturated carbocycles. The number of hydrogen-bond acceptors (Lipinski definition) is 14. The third kappa shape index (κ3) is 22.3. The SMILES string of the molecule is C=C(C)COCC(O)CN(CC(C)N(CC(O)COCC(=C)C)OOCC(O)COC)OOCC(O)COC. The monoisotopic (exact) mass is 570 g/mol. The molecule has 5 unspecified atom stereocenters. The number of ether oxygens (including phenoxy) is 4. The van der Waals surface area contributed by atoms with Crippen LogP contribution in [0.4, 0.5) is 0 Å². The van der Waals surface area contributed by atoms with Gasteiger partial charge in [0, 0.05) is 20.8 Å². The minimum absolute atomic E-state index is 0.0191. The maximum absolute atomic E-state index is 10.5. The van der Waals surface area contributed by atoms with Crippen LogP contribution in [0.1, 0.15) is 20.8 Å². The normalized spacial score (nSPS) is 15.9. The van der Waals surface area contributed by atoms with Gasteiger partial charge in [-0.1, -0.05) is 24.3 Å². The molecule has 0 rings (SSSR count). The van der Waals surface area contributed by atoms with E-state index in [0.717, 1.165) is 11.1 Å². The number of aliphatic hydroxyl groups excluding tert-OH is 4. The molecule has 14 heteroatoms. The van der Waals surface area contributed by atoms with Gasteiger partial charge in [0.2, 0.25) is 0 Å². The van der Waals surface area contributed by atoms with Gasteiger partial charge in [-0.3, -0.25) is 0 Å². The summed E-state index contributed by atoms with van der Waals surface area (Å²) in [4.78, 5) is 21.1. The number of methoxy groups -OCH3 is 2. The topological polar surface area (TPSA) is 161 Å². The maximum Gasteiger partial charge on any atom is 0.112 e. The zero-order valence-corrected chi connectivity index (χ0v) is 24.0. The Morgan fingerprint density at radius 2 is 1.10 bits per heavy atom. The second-order valence-corrected chi connectivity index (χ2v) is 9.48. The van der Waals surface area contributed by atoms with Crippen LogP contribution in [0.2, 0.25) is 0 Å². The fourth-order valence-corrected chi connectivity index (χ4v) is 2.93. The quantitative estimate of drug-likeness (QED) is 0.0575. The van der Waals surface area contributed by atoms with Crippen LogP contribution in [0.5, 0.6) is 0 Å². The number of hydroxylamine groups is 4. The zero-order valence-electron chi connectivity index (χ0n) is 24.0. The second kappa shape index (κ2) is 23.6. The first kappa shape index (κ1) is 37.9. The molecule has 0 spiro atoms. The van der Waals surface area contributed by atoms with Gasteiger partial charge < -0.3 is 39.4 Å². The van der Waals surface area contributed by atoms with E-state index >= 15 is 0 Å². The Balaban J connectivity index is 5.27. The van der Waals surface area contributed by atoms with Gasteiger partial charge in [-0.25, -0.2) is 9.78 Å². The summed E-state index contributed by atoms with van der Waals surface area (Å²) in [7, 11) is 2.89. The first-order chi connectivity index (χ1) is 18.5. The molecule has 0 amide bonds. The predicted molar refractivity (Wildman–Crippen MR) is 141 cm³/mol. The average molecular weight is 571 g/mol. The van der Waals surface area contributed by atoms with Crippen LogP contribution in [0, 0.1) is 0 Å². The molecule has 0 radical (unpaired) electrons. The molecule has 232 valence electrons. The molecule has 0 heterocycles.